The summed E-state index contributed by atoms with van der Waals surface area (Å²) in [6.07, 6.45) is 0. The van der Waals surface area contributed by atoms with Crippen molar-refractivity contribution in [3.63, 3.8) is 0 Å². The van der Waals surface area contributed by atoms with Crippen molar-refractivity contribution in [1.82, 2.24) is 0 Å². The maximum Gasteiger partial charge on any atom is 0.0777 e. The molecule has 1 aliphatic heterocycles. The van der Waals surface area contributed by atoms with Gasteiger partial charge in [-0.25, -0.2) is 0 Å². The number of nitrogens with zero attached hydrogens (tertiary/aromatic N) is 1. The first-order valence-electron chi connectivity index (χ1n) is 6.08. The van der Waals surface area contributed by atoms with Crippen LogP contribution in [0.5, 0.6) is 0 Å². The molecule has 0 saturated heterocycles. The number of fused-ring (bicyclic) bond motifs is 1. The highest BCUT2D eigenvalue weighted by atomic mass is 35.7. The first-order valence-corrected chi connectivity index (χ1v) is 7.34. The van der Waals surface area contributed by atoms with E-state index in [1.54, 1.807) is 0 Å². The van der Waals surface area contributed by atoms with E-state index >= 15 is 0 Å². The number of hydrogen-bond acceptors (Lipinski definition) is 5. The van der Waals surface area contributed by atoms with Crippen molar-refractivity contribution in [2.45, 2.75) is 39.2 Å². The summed E-state index contributed by atoms with van der Waals surface area (Å²) in [5.74, 6) is 0. The van der Waals surface area contributed by atoms with Crippen molar-refractivity contribution in [3.8, 4) is 0 Å². The number of anilines is 1. The van der Waals surface area contributed by atoms with Gasteiger partial charge < -0.3 is 4.90 Å². The molecule has 0 spiro atoms. The van der Waals surface area contributed by atoms with Crippen molar-refractivity contribution in [3.05, 3.63) is 29.8 Å². The molecule has 1 heterocycles. The van der Waals surface area contributed by atoms with Crippen LogP contribution in [-0.2, 0) is 5.41 Å². The average molecular weight is 290 g/mol. The zero-order valence-electron chi connectivity index (χ0n) is 11.6. The fourth-order valence-electron chi connectivity index (χ4n) is 2.54. The fraction of sp³-hybridized carbons (Fsp3) is 0.538. The highest BCUT2D eigenvalue weighted by Crippen LogP contribution is 2.44. The van der Waals surface area contributed by atoms with Gasteiger partial charge in [-0.05, 0) is 25.5 Å². The number of hydrogen-bond donors (Lipinski definition) is 1. The van der Waals surface area contributed by atoms with Gasteiger partial charge in [0.25, 0.3) is 0 Å². The van der Waals surface area contributed by atoms with Gasteiger partial charge in [-0.15, -0.1) is 0 Å². The summed E-state index contributed by atoms with van der Waals surface area (Å²) in [7, 11) is -4.69. The smallest absolute Gasteiger partial charge is 0.0777 e. The highest BCUT2D eigenvalue weighted by Gasteiger charge is 2.40. The molecule has 1 aliphatic rings. The van der Waals surface area contributed by atoms with E-state index in [1.165, 1.54) is 11.3 Å². The predicted molar refractivity (Wildman–Crippen MR) is 64.2 cm³/mol. The molecule has 0 saturated carbocycles. The topological polar surface area (TPSA) is 92.7 Å². The molecule has 1 atom stereocenters. The molecule has 1 N–H and O–H groups in total. The van der Waals surface area contributed by atoms with Crippen LogP contribution in [0.1, 0.15) is 33.3 Å². The minimum Gasteiger partial charge on any atom is -0.368 e. The summed E-state index contributed by atoms with van der Waals surface area (Å²) in [6.45, 7) is 10.3. The first kappa shape index (κ1) is 16.2. The molecule has 0 fully saturated rings. The SMILES string of the molecule is CCN1c2ccccc2C(C)(C)C1C.[O-][Cl+3]([O-])([O-])O. The van der Waals surface area contributed by atoms with E-state index in [4.69, 9.17) is 18.6 Å². The molecule has 0 aromatic heterocycles. The zero-order chi connectivity index (χ0) is 14.8. The number of para-hydroxylation sites is 1. The first-order chi connectivity index (χ1) is 8.59. The molecule has 6 heteroatoms. The summed E-state index contributed by atoms with van der Waals surface area (Å²) in [4.78, 5) is 2.50. The van der Waals surface area contributed by atoms with E-state index in [2.05, 4.69) is 56.9 Å². The Kier molecular flexibility index (Phi) is 4.81. The molecule has 19 heavy (non-hydrogen) atoms. The van der Waals surface area contributed by atoms with E-state index < -0.39 is 10.2 Å². The van der Waals surface area contributed by atoms with Gasteiger partial charge in [0, 0.05) is 23.7 Å². The number of halogens is 1. The van der Waals surface area contributed by atoms with Crippen LogP contribution < -0.4 is 18.9 Å². The van der Waals surface area contributed by atoms with Gasteiger partial charge in [0.05, 0.1) is 14.9 Å². The second-order valence-corrected chi connectivity index (χ2v) is 5.89. The zero-order valence-corrected chi connectivity index (χ0v) is 12.3. The third-order valence-corrected chi connectivity index (χ3v) is 3.76. The quantitative estimate of drug-likeness (QED) is 0.721. The second kappa shape index (κ2) is 5.64. The number of benzene rings is 1. The monoisotopic (exact) mass is 289 g/mol. The molecule has 0 radical (unpaired) electrons. The van der Waals surface area contributed by atoms with Gasteiger partial charge in [0.15, 0.2) is 0 Å². The Labute approximate surface area is 115 Å². The third-order valence-electron chi connectivity index (χ3n) is 3.76. The lowest BCUT2D eigenvalue weighted by Crippen LogP contribution is -2.58. The summed E-state index contributed by atoms with van der Waals surface area (Å²) in [6, 6.07) is 9.39. The molecule has 1 aromatic rings. The van der Waals surface area contributed by atoms with Crippen molar-refractivity contribution in [2.75, 3.05) is 11.4 Å². The molecule has 108 valence electrons. The van der Waals surface area contributed by atoms with Gasteiger partial charge in [-0.2, -0.15) is 14.0 Å². The van der Waals surface area contributed by atoms with E-state index in [9.17, 15) is 0 Å². The van der Waals surface area contributed by atoms with Crippen LogP contribution in [-0.4, -0.2) is 17.2 Å². The normalized spacial score (nSPS) is 20.6. The second-order valence-electron chi connectivity index (χ2n) is 5.10. The maximum atomic E-state index is 8.60. The lowest BCUT2D eigenvalue weighted by Gasteiger charge is -2.30. The van der Waals surface area contributed by atoms with Crippen molar-refractivity contribution in [2.24, 2.45) is 0 Å². The minimum atomic E-state index is -4.69. The molecule has 0 amide bonds. The molecule has 1 aromatic carbocycles. The Hall–Kier alpha value is -0.850. The molecule has 5 nitrogen and oxygen atoms in total. The Balaban J connectivity index is 0.000000312. The molecular formula is C13H20ClNO4. The lowest BCUT2D eigenvalue weighted by molar-refractivity contribution is -1.92. The van der Waals surface area contributed by atoms with Crippen LogP contribution in [0.25, 0.3) is 0 Å². The fourth-order valence-corrected chi connectivity index (χ4v) is 2.54. The van der Waals surface area contributed by atoms with E-state index in [0.717, 1.165) is 6.54 Å². The van der Waals surface area contributed by atoms with E-state index in [-0.39, 0.29) is 5.41 Å². The standard InChI is InChI=1S/C13H19N.ClHO4/c1-5-14-10(2)13(3,4)11-8-6-7-9-12(11)14;2-1(3,4)5/h6-10H,5H2,1-4H3;(H,2,3,4,5). The summed E-state index contributed by atoms with van der Waals surface area (Å²) in [5, 5.41) is 0. The maximum absolute atomic E-state index is 8.60. The molecule has 2 rings (SSSR count). The van der Waals surface area contributed by atoms with Crippen LogP contribution in [0, 0.1) is 10.2 Å². The van der Waals surface area contributed by atoms with Crippen LogP contribution in [0.2, 0.25) is 0 Å². The minimum absolute atomic E-state index is 0.284. The molecule has 1 unspecified atom stereocenters. The molecule has 0 bridgehead atoms. The van der Waals surface area contributed by atoms with E-state index in [0.29, 0.717) is 6.04 Å². The van der Waals surface area contributed by atoms with E-state index in [1.807, 2.05) is 0 Å². The summed E-state index contributed by atoms with van der Waals surface area (Å²) >= 11 is 0. The van der Waals surface area contributed by atoms with Crippen LogP contribution in [0.3, 0.4) is 0 Å². The summed E-state index contributed by atoms with van der Waals surface area (Å²) in [5.41, 5.74) is 3.20. The van der Waals surface area contributed by atoms with Crippen molar-refractivity contribution in [1.29, 1.82) is 0 Å². The Morgan fingerprint density at radius 2 is 1.74 bits per heavy atom. The van der Waals surface area contributed by atoms with Crippen LogP contribution in [0.15, 0.2) is 24.3 Å². The van der Waals surface area contributed by atoms with Crippen molar-refractivity contribution >= 4 is 5.69 Å². The number of likely N-dealkylation sites (N-methyl/N-ethyl adjacent to an activating group) is 1. The largest absolute Gasteiger partial charge is 0.368 e. The lowest BCUT2D eigenvalue weighted by atomic mass is 9.81. The van der Waals surface area contributed by atoms with Gasteiger partial charge >= 0.3 is 0 Å². The summed E-state index contributed by atoms with van der Waals surface area (Å²) < 4.78 is 32.7. The van der Waals surface area contributed by atoms with Gasteiger partial charge in [0.1, 0.15) is 0 Å². The highest BCUT2D eigenvalue weighted by molar-refractivity contribution is 5.63. The van der Waals surface area contributed by atoms with Gasteiger partial charge in [-0.3, -0.25) is 0 Å². The Morgan fingerprint density at radius 1 is 1.26 bits per heavy atom. The number of rotatable bonds is 1. The Bertz CT molecular complexity index is 425. The van der Waals surface area contributed by atoms with Gasteiger partial charge in [0.2, 0.25) is 0 Å². The Morgan fingerprint density at radius 3 is 2.21 bits per heavy atom. The van der Waals surface area contributed by atoms with Crippen LogP contribution >= 0.6 is 0 Å². The molecule has 0 aliphatic carbocycles. The molecular weight excluding hydrogens is 270 g/mol. The van der Waals surface area contributed by atoms with Crippen molar-refractivity contribution < 1.29 is 28.9 Å². The predicted octanol–water partition coefficient (Wildman–Crippen LogP) is -0.931. The third kappa shape index (κ3) is 3.81. The van der Waals surface area contributed by atoms with Gasteiger partial charge in [-0.1, -0.05) is 32.0 Å². The average Bonchev–Trinajstić information content (AvgIpc) is 2.46. The van der Waals surface area contributed by atoms with Crippen LogP contribution in [0.4, 0.5) is 5.69 Å².